The van der Waals surface area contributed by atoms with Gasteiger partial charge in [-0.1, -0.05) is 45.9 Å². The number of piperazine rings is 1. The Morgan fingerprint density at radius 2 is 1.87 bits per heavy atom. The Kier molecular flexibility index (Phi) is 5.12. The molecular formula is C19H28N2O2. The summed E-state index contributed by atoms with van der Waals surface area (Å²) in [6.45, 7) is 11.2. The lowest BCUT2D eigenvalue weighted by Crippen LogP contribution is -2.58. The minimum atomic E-state index is -0.400. The summed E-state index contributed by atoms with van der Waals surface area (Å²) in [5, 5.41) is 0. The SMILES string of the molecule is CCc1ccccc1N1CCN(C(=O)CC(C)(C)C)[C@H](C)C1=O. The van der Waals surface area contributed by atoms with E-state index in [1.807, 2.05) is 50.8 Å². The molecule has 1 saturated heterocycles. The van der Waals surface area contributed by atoms with Crippen molar-refractivity contribution >= 4 is 17.5 Å². The van der Waals surface area contributed by atoms with Crippen molar-refractivity contribution in [1.29, 1.82) is 0 Å². The van der Waals surface area contributed by atoms with E-state index < -0.39 is 6.04 Å². The highest BCUT2D eigenvalue weighted by atomic mass is 16.2. The second kappa shape index (κ2) is 6.73. The van der Waals surface area contributed by atoms with Crippen LogP contribution in [0.2, 0.25) is 0 Å². The van der Waals surface area contributed by atoms with E-state index in [0.29, 0.717) is 19.5 Å². The average molecular weight is 316 g/mol. The number of carbonyl (C=O) groups excluding carboxylic acids is 2. The third-order valence-corrected chi connectivity index (χ3v) is 4.32. The highest BCUT2D eigenvalue weighted by molar-refractivity contribution is 6.00. The molecule has 1 fully saturated rings. The summed E-state index contributed by atoms with van der Waals surface area (Å²) < 4.78 is 0. The van der Waals surface area contributed by atoms with Gasteiger partial charge in [-0.2, -0.15) is 0 Å². The molecule has 0 spiro atoms. The van der Waals surface area contributed by atoms with E-state index in [9.17, 15) is 9.59 Å². The van der Waals surface area contributed by atoms with Gasteiger partial charge in [0.1, 0.15) is 6.04 Å². The molecular weight excluding hydrogens is 288 g/mol. The standard InChI is InChI=1S/C19H28N2O2/c1-6-15-9-7-8-10-16(15)21-12-11-20(14(2)18(21)23)17(22)13-19(3,4)5/h7-10,14H,6,11-13H2,1-5H3/t14-/m1/s1. The first kappa shape index (κ1) is 17.5. The third-order valence-electron chi connectivity index (χ3n) is 4.32. The van der Waals surface area contributed by atoms with E-state index in [-0.39, 0.29) is 17.2 Å². The summed E-state index contributed by atoms with van der Waals surface area (Å²) in [5.74, 6) is 0.0844. The number of carbonyl (C=O) groups is 2. The molecule has 4 heteroatoms. The number of hydrogen-bond donors (Lipinski definition) is 0. The molecule has 1 heterocycles. The number of para-hydroxylation sites is 1. The van der Waals surface area contributed by atoms with Crippen molar-refractivity contribution in [3.8, 4) is 0 Å². The van der Waals surface area contributed by atoms with Gasteiger partial charge >= 0.3 is 0 Å². The van der Waals surface area contributed by atoms with Crippen molar-refractivity contribution in [3.63, 3.8) is 0 Å². The molecule has 0 aliphatic carbocycles. The van der Waals surface area contributed by atoms with Gasteiger partial charge in [-0.3, -0.25) is 9.59 Å². The number of aryl methyl sites for hydroxylation is 1. The Morgan fingerprint density at radius 1 is 1.22 bits per heavy atom. The Morgan fingerprint density at radius 3 is 2.48 bits per heavy atom. The van der Waals surface area contributed by atoms with Crippen molar-refractivity contribution in [2.75, 3.05) is 18.0 Å². The van der Waals surface area contributed by atoms with E-state index in [0.717, 1.165) is 12.1 Å². The van der Waals surface area contributed by atoms with Crippen LogP contribution in [0.4, 0.5) is 5.69 Å². The largest absolute Gasteiger partial charge is 0.329 e. The van der Waals surface area contributed by atoms with Crippen LogP contribution in [0, 0.1) is 5.41 Å². The van der Waals surface area contributed by atoms with Crippen LogP contribution in [0.1, 0.15) is 46.6 Å². The molecule has 0 saturated carbocycles. The molecule has 2 amide bonds. The van der Waals surface area contributed by atoms with Gasteiger partial charge < -0.3 is 9.80 Å². The van der Waals surface area contributed by atoms with Gasteiger partial charge in [0.15, 0.2) is 0 Å². The molecule has 1 aromatic rings. The number of anilines is 1. The van der Waals surface area contributed by atoms with Crippen molar-refractivity contribution in [1.82, 2.24) is 4.90 Å². The summed E-state index contributed by atoms with van der Waals surface area (Å²) in [7, 11) is 0. The van der Waals surface area contributed by atoms with E-state index >= 15 is 0 Å². The van der Waals surface area contributed by atoms with E-state index in [1.165, 1.54) is 5.56 Å². The van der Waals surface area contributed by atoms with Crippen LogP contribution in [0.5, 0.6) is 0 Å². The van der Waals surface area contributed by atoms with Crippen molar-refractivity contribution < 1.29 is 9.59 Å². The van der Waals surface area contributed by atoms with Crippen LogP contribution in [0.15, 0.2) is 24.3 Å². The minimum Gasteiger partial charge on any atom is -0.329 e. The second-order valence-corrected chi connectivity index (χ2v) is 7.47. The molecule has 1 aliphatic heterocycles. The van der Waals surface area contributed by atoms with Crippen LogP contribution in [-0.4, -0.2) is 35.8 Å². The molecule has 4 nitrogen and oxygen atoms in total. The number of hydrogen-bond acceptors (Lipinski definition) is 2. The van der Waals surface area contributed by atoms with Gasteiger partial charge in [0, 0.05) is 25.2 Å². The Labute approximate surface area is 139 Å². The first-order valence-corrected chi connectivity index (χ1v) is 8.43. The molecule has 0 aromatic heterocycles. The lowest BCUT2D eigenvalue weighted by molar-refractivity contribution is -0.142. The quantitative estimate of drug-likeness (QED) is 0.859. The minimum absolute atomic E-state index is 0.0133. The molecule has 23 heavy (non-hydrogen) atoms. The van der Waals surface area contributed by atoms with Crippen LogP contribution >= 0.6 is 0 Å². The number of nitrogens with zero attached hydrogens (tertiary/aromatic N) is 2. The molecule has 1 aliphatic rings. The van der Waals surface area contributed by atoms with Crippen molar-refractivity contribution in [2.24, 2.45) is 5.41 Å². The van der Waals surface area contributed by atoms with Crippen molar-refractivity contribution in [2.45, 2.75) is 53.5 Å². The summed E-state index contributed by atoms with van der Waals surface area (Å²) in [6, 6.07) is 7.62. The predicted molar refractivity (Wildman–Crippen MR) is 93.4 cm³/mol. The molecule has 0 unspecified atom stereocenters. The summed E-state index contributed by atoms with van der Waals surface area (Å²) in [6.07, 6.45) is 1.36. The Hall–Kier alpha value is -1.84. The highest BCUT2D eigenvalue weighted by Crippen LogP contribution is 2.27. The predicted octanol–water partition coefficient (Wildman–Crippen LogP) is 3.25. The Balaban J connectivity index is 2.17. The van der Waals surface area contributed by atoms with E-state index in [2.05, 4.69) is 13.0 Å². The monoisotopic (exact) mass is 316 g/mol. The van der Waals surface area contributed by atoms with E-state index in [4.69, 9.17) is 0 Å². The third kappa shape index (κ3) is 3.92. The fraction of sp³-hybridized carbons (Fsp3) is 0.579. The zero-order valence-corrected chi connectivity index (χ0v) is 14.9. The normalized spacial score (nSPS) is 19.2. The van der Waals surface area contributed by atoms with Gasteiger partial charge in [0.25, 0.3) is 0 Å². The topological polar surface area (TPSA) is 40.6 Å². The summed E-state index contributed by atoms with van der Waals surface area (Å²) in [4.78, 5) is 28.9. The lowest BCUT2D eigenvalue weighted by Gasteiger charge is -2.40. The molecule has 0 N–H and O–H groups in total. The first-order valence-electron chi connectivity index (χ1n) is 8.43. The molecule has 2 rings (SSSR count). The number of rotatable bonds is 3. The molecule has 0 radical (unpaired) electrons. The van der Waals surface area contributed by atoms with Crippen LogP contribution in [0.25, 0.3) is 0 Å². The molecule has 126 valence electrons. The fourth-order valence-corrected chi connectivity index (χ4v) is 3.08. The second-order valence-electron chi connectivity index (χ2n) is 7.47. The average Bonchev–Trinajstić information content (AvgIpc) is 2.48. The maximum absolute atomic E-state index is 12.8. The maximum atomic E-state index is 12.8. The van der Waals surface area contributed by atoms with Gasteiger partial charge in [0.05, 0.1) is 0 Å². The summed E-state index contributed by atoms with van der Waals surface area (Å²) in [5.41, 5.74) is 2.09. The van der Waals surface area contributed by atoms with Gasteiger partial charge in [-0.15, -0.1) is 0 Å². The Bertz CT molecular complexity index is 589. The van der Waals surface area contributed by atoms with Crippen LogP contribution < -0.4 is 4.90 Å². The zero-order valence-electron chi connectivity index (χ0n) is 14.9. The van der Waals surface area contributed by atoms with Gasteiger partial charge in [-0.25, -0.2) is 0 Å². The smallest absolute Gasteiger partial charge is 0.249 e. The zero-order chi connectivity index (χ0) is 17.2. The maximum Gasteiger partial charge on any atom is 0.249 e. The van der Waals surface area contributed by atoms with Gasteiger partial charge in [0.2, 0.25) is 11.8 Å². The van der Waals surface area contributed by atoms with Gasteiger partial charge in [-0.05, 0) is 30.4 Å². The molecule has 1 aromatic carbocycles. The van der Waals surface area contributed by atoms with Crippen molar-refractivity contribution in [3.05, 3.63) is 29.8 Å². The number of benzene rings is 1. The van der Waals surface area contributed by atoms with Crippen LogP contribution in [-0.2, 0) is 16.0 Å². The molecule has 1 atom stereocenters. The summed E-state index contributed by atoms with van der Waals surface area (Å²) >= 11 is 0. The first-order chi connectivity index (χ1) is 10.7. The van der Waals surface area contributed by atoms with E-state index in [1.54, 1.807) is 4.90 Å². The fourth-order valence-electron chi connectivity index (χ4n) is 3.08. The lowest BCUT2D eigenvalue weighted by atomic mass is 9.91. The highest BCUT2D eigenvalue weighted by Gasteiger charge is 2.36. The number of amides is 2. The van der Waals surface area contributed by atoms with Crippen LogP contribution in [0.3, 0.4) is 0 Å². The molecule has 0 bridgehead atoms.